The van der Waals surface area contributed by atoms with E-state index >= 15 is 0 Å². The van der Waals surface area contributed by atoms with E-state index in [-0.39, 0.29) is 24.7 Å². The number of carbonyl (C=O) groups excluding carboxylic acids is 2. The summed E-state index contributed by atoms with van der Waals surface area (Å²) in [4.78, 5) is 24.8. The van der Waals surface area contributed by atoms with E-state index in [1.54, 1.807) is 17.8 Å². The number of hydrogen-bond acceptors (Lipinski definition) is 4. The summed E-state index contributed by atoms with van der Waals surface area (Å²) in [5.74, 6) is -0.275. The lowest BCUT2D eigenvalue weighted by Gasteiger charge is -2.24. The van der Waals surface area contributed by atoms with Gasteiger partial charge in [0.2, 0.25) is 5.91 Å². The predicted molar refractivity (Wildman–Crippen MR) is 91.6 cm³/mol. The van der Waals surface area contributed by atoms with Crippen LogP contribution in [0.4, 0.5) is 15.0 Å². The Balaban J connectivity index is 1.81. The highest BCUT2D eigenvalue weighted by Gasteiger charge is 2.28. The van der Waals surface area contributed by atoms with Crippen molar-refractivity contribution < 1.29 is 14.0 Å². The van der Waals surface area contributed by atoms with Crippen molar-refractivity contribution in [3.8, 4) is 0 Å². The van der Waals surface area contributed by atoms with Gasteiger partial charge in [-0.25, -0.2) is 9.18 Å². The monoisotopic (exact) mass is 343 g/mol. The first kappa shape index (κ1) is 15.8. The Hall–Kier alpha value is -2.74. The van der Waals surface area contributed by atoms with Crippen LogP contribution in [0.1, 0.15) is 18.4 Å². The topological polar surface area (TPSA) is 79.3 Å². The molecule has 7 nitrogen and oxygen atoms in total. The van der Waals surface area contributed by atoms with Crippen LogP contribution in [-0.4, -0.2) is 41.4 Å². The highest BCUT2D eigenvalue weighted by Crippen LogP contribution is 2.32. The van der Waals surface area contributed by atoms with Crippen molar-refractivity contribution in [3.05, 3.63) is 29.6 Å². The minimum absolute atomic E-state index is 0.199. The number of rotatable bonds is 2. The number of benzene rings is 1. The van der Waals surface area contributed by atoms with E-state index in [4.69, 9.17) is 0 Å². The van der Waals surface area contributed by atoms with Gasteiger partial charge in [0.15, 0.2) is 5.82 Å². The Morgan fingerprint density at radius 1 is 1.24 bits per heavy atom. The van der Waals surface area contributed by atoms with Crippen molar-refractivity contribution in [2.24, 2.45) is 7.05 Å². The highest BCUT2D eigenvalue weighted by molar-refractivity contribution is 6.09. The van der Waals surface area contributed by atoms with Gasteiger partial charge >= 0.3 is 6.03 Å². The molecule has 0 atom stereocenters. The average Bonchev–Trinajstić information content (AvgIpc) is 2.91. The van der Waals surface area contributed by atoms with Gasteiger partial charge in [-0.1, -0.05) is 6.08 Å². The zero-order valence-electron chi connectivity index (χ0n) is 13.8. The van der Waals surface area contributed by atoms with Crippen LogP contribution in [0.2, 0.25) is 0 Å². The smallest absolute Gasteiger partial charge is 0.313 e. The summed E-state index contributed by atoms with van der Waals surface area (Å²) in [7, 11) is 1.76. The van der Waals surface area contributed by atoms with Crippen LogP contribution in [0, 0.1) is 5.82 Å². The quantitative estimate of drug-likeness (QED) is 0.867. The number of carbonyl (C=O) groups is 2. The average molecular weight is 343 g/mol. The van der Waals surface area contributed by atoms with Crippen LogP contribution >= 0.6 is 0 Å². The third kappa shape index (κ3) is 2.68. The van der Waals surface area contributed by atoms with E-state index in [0.717, 1.165) is 30.6 Å². The lowest BCUT2D eigenvalue weighted by molar-refractivity contribution is -0.120. The van der Waals surface area contributed by atoms with E-state index in [1.165, 1.54) is 11.0 Å². The lowest BCUT2D eigenvalue weighted by Crippen LogP contribution is -2.49. The van der Waals surface area contributed by atoms with Crippen LogP contribution in [0.5, 0.6) is 0 Å². The van der Waals surface area contributed by atoms with E-state index in [2.05, 4.69) is 15.7 Å². The van der Waals surface area contributed by atoms with Gasteiger partial charge in [-0.05, 0) is 30.7 Å². The summed E-state index contributed by atoms with van der Waals surface area (Å²) in [6.07, 6.45) is 2.96. The van der Waals surface area contributed by atoms with Crippen LogP contribution in [0.3, 0.4) is 0 Å². The fourth-order valence-electron chi connectivity index (χ4n) is 3.34. The Morgan fingerprint density at radius 2 is 2.08 bits per heavy atom. The van der Waals surface area contributed by atoms with E-state index in [1.807, 2.05) is 6.08 Å². The van der Waals surface area contributed by atoms with Crippen molar-refractivity contribution in [3.63, 3.8) is 0 Å². The number of nitrogens with zero attached hydrogens (tertiary/aromatic N) is 3. The van der Waals surface area contributed by atoms with Gasteiger partial charge in [-0.3, -0.25) is 19.7 Å². The Labute approximate surface area is 143 Å². The normalized spacial score (nSPS) is 18.5. The molecule has 2 N–H and O–H groups in total. The van der Waals surface area contributed by atoms with Gasteiger partial charge in [-0.15, -0.1) is 0 Å². The maximum atomic E-state index is 14.7. The fraction of sp³-hybridized carbons (Fsp3) is 0.353. The fourth-order valence-corrected chi connectivity index (χ4v) is 3.34. The molecular weight excluding hydrogens is 325 g/mol. The number of aromatic nitrogens is 2. The molecule has 1 saturated heterocycles. The minimum atomic E-state index is -0.526. The van der Waals surface area contributed by atoms with Crippen molar-refractivity contribution in [1.29, 1.82) is 0 Å². The molecule has 0 aliphatic carbocycles. The summed E-state index contributed by atoms with van der Waals surface area (Å²) in [5.41, 5.74) is 2.29. The second-order valence-electron chi connectivity index (χ2n) is 6.23. The molecule has 4 rings (SSSR count). The van der Waals surface area contributed by atoms with Crippen molar-refractivity contribution in [2.45, 2.75) is 12.8 Å². The lowest BCUT2D eigenvalue weighted by atomic mass is 9.98. The van der Waals surface area contributed by atoms with Gasteiger partial charge in [0.1, 0.15) is 5.82 Å². The maximum Gasteiger partial charge on any atom is 0.329 e. The Bertz CT molecular complexity index is 917. The molecule has 3 amide bonds. The number of aryl methyl sites for hydroxylation is 1. The number of amides is 3. The summed E-state index contributed by atoms with van der Waals surface area (Å²) >= 11 is 0. The second-order valence-corrected chi connectivity index (χ2v) is 6.23. The van der Waals surface area contributed by atoms with E-state index in [0.29, 0.717) is 16.8 Å². The van der Waals surface area contributed by atoms with Crippen LogP contribution in [0.25, 0.3) is 16.5 Å². The molecule has 1 fully saturated rings. The van der Waals surface area contributed by atoms with Gasteiger partial charge in [-0.2, -0.15) is 5.10 Å². The molecule has 8 heteroatoms. The standard InChI is InChI=1S/C17H18FN5O2/c1-22-14-9-11(10-2-5-19-6-3-10)13(18)8-12(14)16(21-22)23-7-4-15(24)20-17(23)25/h2,8-9,19H,3-7H2,1H3,(H,20,24,25). The predicted octanol–water partition coefficient (Wildman–Crippen LogP) is 1.54. The Morgan fingerprint density at radius 3 is 2.80 bits per heavy atom. The number of anilines is 1. The molecule has 0 spiro atoms. The summed E-state index contributed by atoms with van der Waals surface area (Å²) < 4.78 is 16.4. The first-order valence-electron chi connectivity index (χ1n) is 8.22. The molecule has 1 aromatic carbocycles. The first-order valence-corrected chi connectivity index (χ1v) is 8.22. The molecule has 2 aliphatic heterocycles. The summed E-state index contributed by atoms with van der Waals surface area (Å²) in [6.45, 7) is 1.78. The number of nitrogens with one attached hydrogen (secondary N) is 2. The third-order valence-electron chi connectivity index (χ3n) is 4.64. The maximum absolute atomic E-state index is 14.7. The number of hydrogen-bond donors (Lipinski definition) is 2. The highest BCUT2D eigenvalue weighted by atomic mass is 19.1. The van der Waals surface area contributed by atoms with Gasteiger partial charge in [0.25, 0.3) is 0 Å². The largest absolute Gasteiger partial charge is 0.329 e. The number of imide groups is 1. The minimum Gasteiger partial charge on any atom is -0.313 e. The van der Waals surface area contributed by atoms with Crippen LogP contribution in [-0.2, 0) is 11.8 Å². The van der Waals surface area contributed by atoms with Gasteiger partial charge in [0, 0.05) is 37.5 Å². The number of fused-ring (bicyclic) bond motifs is 1. The zero-order valence-corrected chi connectivity index (χ0v) is 13.8. The SMILES string of the molecule is Cn1nc(N2CCC(=O)NC2=O)c2cc(F)c(C3=CCNCC3)cc21. The third-order valence-corrected chi connectivity index (χ3v) is 4.64. The van der Waals surface area contributed by atoms with E-state index in [9.17, 15) is 14.0 Å². The van der Waals surface area contributed by atoms with Gasteiger partial charge < -0.3 is 5.32 Å². The molecule has 3 heterocycles. The molecule has 1 aromatic heterocycles. The van der Waals surface area contributed by atoms with Crippen molar-refractivity contribution in [2.75, 3.05) is 24.5 Å². The molecule has 0 radical (unpaired) electrons. The van der Waals surface area contributed by atoms with Crippen molar-refractivity contribution in [1.82, 2.24) is 20.4 Å². The van der Waals surface area contributed by atoms with Crippen LogP contribution < -0.4 is 15.5 Å². The molecule has 2 aliphatic rings. The molecular formula is C17H18FN5O2. The number of halogens is 1. The van der Waals surface area contributed by atoms with Crippen LogP contribution in [0.15, 0.2) is 18.2 Å². The molecule has 25 heavy (non-hydrogen) atoms. The second kappa shape index (κ2) is 5.96. The molecule has 0 bridgehead atoms. The number of urea groups is 1. The van der Waals surface area contributed by atoms with Gasteiger partial charge in [0.05, 0.1) is 5.52 Å². The first-order chi connectivity index (χ1) is 12.0. The van der Waals surface area contributed by atoms with E-state index < -0.39 is 6.03 Å². The molecule has 130 valence electrons. The molecule has 0 unspecified atom stereocenters. The molecule has 0 saturated carbocycles. The Kier molecular flexibility index (Phi) is 3.76. The van der Waals surface area contributed by atoms with Crippen molar-refractivity contribution >= 4 is 34.2 Å². The summed E-state index contributed by atoms with van der Waals surface area (Å²) in [6, 6.07) is 2.69. The summed E-state index contributed by atoms with van der Waals surface area (Å²) in [5, 5.41) is 10.4. The zero-order chi connectivity index (χ0) is 17.6. The molecule has 2 aromatic rings.